The number of methoxy groups -OCH3 is 1. The number of rotatable bonds is 7. The molecule has 0 radical (unpaired) electrons. The first-order chi connectivity index (χ1) is 16.1. The average Bonchev–Trinajstić information content (AvgIpc) is 2.83. The second-order valence-corrected chi connectivity index (χ2v) is 9.27. The number of nitrogens with zero attached hydrogens (tertiary/aromatic N) is 5. The molecule has 0 spiro atoms. The maximum atomic E-state index is 5.50. The van der Waals surface area contributed by atoms with Crippen molar-refractivity contribution in [2.24, 2.45) is 5.92 Å². The Bertz CT molecular complexity index is 1070. The van der Waals surface area contributed by atoms with E-state index in [0.29, 0.717) is 28.7 Å². The van der Waals surface area contributed by atoms with E-state index in [1.165, 1.54) is 18.2 Å². The van der Waals surface area contributed by atoms with Crippen LogP contribution in [0.1, 0.15) is 25.3 Å². The van der Waals surface area contributed by atoms with Gasteiger partial charge in [0.05, 0.1) is 7.11 Å². The molecule has 3 aromatic rings. The third kappa shape index (κ3) is 6.75. The Morgan fingerprint density at radius 2 is 2.00 bits per heavy atom. The molecule has 0 saturated carbocycles. The standard InChI is InChI=1S/C23H27N7OS2/c1-16-5-3-12-30(15-16)19-13-20(33-23-24-10-4-11-25-23)28-21(27-19)29-22(32)26-14-17-6-8-18(31-2)9-7-17/h4,6-11,13,16H,3,5,12,14-15H2,1-2H3,(H2,26,27,28,29,32)/t16-/m1/s1. The number of hydrogen-bond donors (Lipinski definition) is 2. The number of benzene rings is 1. The highest BCUT2D eigenvalue weighted by Gasteiger charge is 2.20. The molecule has 33 heavy (non-hydrogen) atoms. The first kappa shape index (κ1) is 23.2. The van der Waals surface area contributed by atoms with Crippen LogP contribution >= 0.6 is 24.0 Å². The molecule has 1 aliphatic rings. The fourth-order valence-corrected chi connectivity index (χ4v) is 4.46. The summed E-state index contributed by atoms with van der Waals surface area (Å²) in [5.41, 5.74) is 1.09. The lowest BCUT2D eigenvalue weighted by molar-refractivity contribution is 0.414. The van der Waals surface area contributed by atoms with Crippen LogP contribution in [0.25, 0.3) is 0 Å². The van der Waals surface area contributed by atoms with Gasteiger partial charge in [0.2, 0.25) is 5.95 Å². The van der Waals surface area contributed by atoms with Gasteiger partial charge in [-0.3, -0.25) is 0 Å². The van der Waals surface area contributed by atoms with Crippen molar-refractivity contribution >= 4 is 40.9 Å². The minimum Gasteiger partial charge on any atom is -0.497 e. The van der Waals surface area contributed by atoms with Crippen LogP contribution in [0.5, 0.6) is 5.75 Å². The Kier molecular flexibility index (Phi) is 7.90. The molecule has 0 bridgehead atoms. The first-order valence-electron chi connectivity index (χ1n) is 10.9. The Hall–Kier alpha value is -2.98. The third-order valence-electron chi connectivity index (χ3n) is 5.25. The van der Waals surface area contributed by atoms with Gasteiger partial charge in [-0.25, -0.2) is 15.0 Å². The molecule has 2 aromatic heterocycles. The van der Waals surface area contributed by atoms with Crippen LogP contribution in [0.15, 0.2) is 59.0 Å². The van der Waals surface area contributed by atoms with Crippen LogP contribution in [0.2, 0.25) is 0 Å². The molecule has 1 aromatic carbocycles. The second kappa shape index (κ2) is 11.2. The van der Waals surface area contributed by atoms with Crippen molar-refractivity contribution in [3.63, 3.8) is 0 Å². The molecular formula is C23H27N7OS2. The molecule has 0 unspecified atom stereocenters. The fourth-order valence-electron chi connectivity index (χ4n) is 3.58. The van der Waals surface area contributed by atoms with Gasteiger partial charge < -0.3 is 20.3 Å². The lowest BCUT2D eigenvalue weighted by Gasteiger charge is -2.32. The monoisotopic (exact) mass is 481 g/mol. The zero-order valence-corrected chi connectivity index (χ0v) is 20.3. The van der Waals surface area contributed by atoms with Crippen LogP contribution in [-0.2, 0) is 6.54 Å². The first-order valence-corrected chi connectivity index (χ1v) is 12.1. The quantitative estimate of drug-likeness (QED) is 0.291. The Labute approximate surface area is 203 Å². The molecule has 172 valence electrons. The second-order valence-electron chi connectivity index (χ2n) is 7.87. The number of nitrogens with one attached hydrogen (secondary N) is 2. The van der Waals surface area contributed by atoms with Gasteiger partial charge in [-0.2, -0.15) is 4.98 Å². The van der Waals surface area contributed by atoms with Crippen LogP contribution in [0.4, 0.5) is 11.8 Å². The topological polar surface area (TPSA) is 88.1 Å². The van der Waals surface area contributed by atoms with E-state index in [1.54, 1.807) is 25.6 Å². The minimum absolute atomic E-state index is 0.455. The summed E-state index contributed by atoms with van der Waals surface area (Å²) in [6.07, 6.45) is 5.84. The van der Waals surface area contributed by atoms with Gasteiger partial charge in [-0.05, 0) is 66.5 Å². The lowest BCUT2D eigenvalue weighted by Crippen LogP contribution is -2.35. The maximum absolute atomic E-state index is 5.50. The summed E-state index contributed by atoms with van der Waals surface area (Å²) in [4.78, 5) is 20.3. The Morgan fingerprint density at radius 1 is 1.21 bits per heavy atom. The highest BCUT2D eigenvalue weighted by atomic mass is 32.2. The van der Waals surface area contributed by atoms with Gasteiger partial charge >= 0.3 is 0 Å². The molecule has 1 fully saturated rings. The molecule has 4 rings (SSSR count). The summed E-state index contributed by atoms with van der Waals surface area (Å²) in [6, 6.07) is 11.6. The number of hydrogen-bond acceptors (Lipinski definition) is 8. The number of piperidine rings is 1. The van der Waals surface area contributed by atoms with Crippen molar-refractivity contribution in [3.05, 3.63) is 54.4 Å². The summed E-state index contributed by atoms with van der Waals surface area (Å²) in [7, 11) is 1.65. The summed E-state index contributed by atoms with van der Waals surface area (Å²) >= 11 is 6.91. The van der Waals surface area contributed by atoms with Crippen molar-refractivity contribution in [3.8, 4) is 5.75 Å². The molecule has 2 N–H and O–H groups in total. The predicted octanol–water partition coefficient (Wildman–Crippen LogP) is 4.15. The number of thiocarbonyl (C=S) groups is 1. The van der Waals surface area contributed by atoms with Gasteiger partial charge in [0.1, 0.15) is 16.6 Å². The van der Waals surface area contributed by atoms with E-state index >= 15 is 0 Å². The van der Waals surface area contributed by atoms with Crippen molar-refractivity contribution in [2.75, 3.05) is 30.4 Å². The predicted molar refractivity (Wildman–Crippen MR) is 135 cm³/mol. The lowest BCUT2D eigenvalue weighted by atomic mass is 10.0. The van der Waals surface area contributed by atoms with Crippen molar-refractivity contribution in [2.45, 2.75) is 36.5 Å². The highest BCUT2D eigenvalue weighted by molar-refractivity contribution is 7.99. The largest absolute Gasteiger partial charge is 0.497 e. The van der Waals surface area contributed by atoms with Crippen LogP contribution in [0.3, 0.4) is 0 Å². The van der Waals surface area contributed by atoms with Crippen molar-refractivity contribution in [1.29, 1.82) is 0 Å². The maximum Gasteiger partial charge on any atom is 0.232 e. The summed E-state index contributed by atoms with van der Waals surface area (Å²) in [5.74, 6) is 2.79. The zero-order valence-electron chi connectivity index (χ0n) is 18.7. The van der Waals surface area contributed by atoms with Crippen LogP contribution in [-0.4, -0.2) is 45.2 Å². The Balaban J connectivity index is 1.48. The summed E-state index contributed by atoms with van der Waals surface area (Å²) in [5, 5.41) is 8.23. The molecule has 10 heteroatoms. The Morgan fingerprint density at radius 3 is 2.73 bits per heavy atom. The molecular weight excluding hydrogens is 454 g/mol. The van der Waals surface area contributed by atoms with E-state index in [0.717, 1.165) is 41.7 Å². The molecule has 8 nitrogen and oxygen atoms in total. The highest BCUT2D eigenvalue weighted by Crippen LogP contribution is 2.29. The number of aromatic nitrogens is 4. The summed E-state index contributed by atoms with van der Waals surface area (Å²) < 4.78 is 5.21. The van der Waals surface area contributed by atoms with Crippen LogP contribution in [0, 0.1) is 5.92 Å². The fraction of sp³-hybridized carbons (Fsp3) is 0.348. The van der Waals surface area contributed by atoms with E-state index in [4.69, 9.17) is 21.9 Å². The van der Waals surface area contributed by atoms with E-state index in [9.17, 15) is 0 Å². The van der Waals surface area contributed by atoms with Gasteiger partial charge in [0, 0.05) is 38.1 Å². The summed E-state index contributed by atoms with van der Waals surface area (Å²) in [6.45, 7) is 4.81. The van der Waals surface area contributed by atoms with E-state index in [-0.39, 0.29) is 0 Å². The molecule has 0 amide bonds. The van der Waals surface area contributed by atoms with Crippen molar-refractivity contribution in [1.82, 2.24) is 25.3 Å². The van der Waals surface area contributed by atoms with E-state index in [1.807, 2.05) is 30.3 Å². The van der Waals surface area contributed by atoms with Gasteiger partial charge in [0.25, 0.3) is 0 Å². The SMILES string of the molecule is COc1ccc(CNC(=S)Nc2nc(Sc3ncccn3)cc(N3CCC[C@@H](C)C3)n2)cc1. The van der Waals surface area contributed by atoms with Gasteiger partial charge in [-0.1, -0.05) is 19.1 Å². The molecule has 1 atom stereocenters. The van der Waals surface area contributed by atoms with Gasteiger partial charge in [-0.15, -0.1) is 0 Å². The third-order valence-corrected chi connectivity index (χ3v) is 6.30. The van der Waals surface area contributed by atoms with E-state index in [2.05, 4.69) is 37.4 Å². The van der Waals surface area contributed by atoms with Crippen molar-refractivity contribution < 1.29 is 4.74 Å². The molecule has 3 heterocycles. The molecule has 1 aliphatic heterocycles. The minimum atomic E-state index is 0.455. The van der Waals surface area contributed by atoms with Crippen LogP contribution < -0.4 is 20.3 Å². The van der Waals surface area contributed by atoms with E-state index < -0.39 is 0 Å². The molecule has 0 aliphatic carbocycles. The zero-order chi connectivity index (χ0) is 23.0. The van der Waals surface area contributed by atoms with Gasteiger partial charge in [0.15, 0.2) is 10.3 Å². The number of anilines is 2. The average molecular weight is 482 g/mol. The smallest absolute Gasteiger partial charge is 0.232 e. The number of ether oxygens (including phenoxy) is 1. The normalized spacial score (nSPS) is 15.7. The molecule has 1 saturated heterocycles.